The number of para-hydroxylation sites is 1. The Hall–Kier alpha value is -2.83. The van der Waals surface area contributed by atoms with Crippen LogP contribution >= 0.6 is 0 Å². The fourth-order valence-corrected chi connectivity index (χ4v) is 2.43. The van der Waals surface area contributed by atoms with Crippen LogP contribution in [0.3, 0.4) is 0 Å². The second kappa shape index (κ2) is 8.51. The highest BCUT2D eigenvalue weighted by molar-refractivity contribution is 5.84. The summed E-state index contributed by atoms with van der Waals surface area (Å²) < 4.78 is 7.13. The van der Waals surface area contributed by atoms with Gasteiger partial charge in [-0.25, -0.2) is 4.68 Å². The van der Waals surface area contributed by atoms with Crippen LogP contribution in [0.15, 0.2) is 47.7 Å². The van der Waals surface area contributed by atoms with Gasteiger partial charge in [-0.3, -0.25) is 9.79 Å². The van der Waals surface area contributed by atoms with E-state index in [0.717, 1.165) is 11.3 Å². The monoisotopic (exact) mass is 357 g/mol. The number of esters is 1. The van der Waals surface area contributed by atoms with Gasteiger partial charge in [0.15, 0.2) is 5.96 Å². The molecule has 0 saturated heterocycles. The minimum absolute atomic E-state index is 0.0670. The van der Waals surface area contributed by atoms with Gasteiger partial charge in [-0.2, -0.15) is 5.10 Å². The summed E-state index contributed by atoms with van der Waals surface area (Å²) in [5.74, 6) is 0.298. The summed E-state index contributed by atoms with van der Waals surface area (Å²) >= 11 is 0. The van der Waals surface area contributed by atoms with E-state index in [4.69, 9.17) is 4.74 Å². The van der Waals surface area contributed by atoms with Gasteiger partial charge in [0.1, 0.15) is 12.1 Å². The van der Waals surface area contributed by atoms with Gasteiger partial charge in [0, 0.05) is 32.4 Å². The second-order valence-electron chi connectivity index (χ2n) is 6.97. The summed E-state index contributed by atoms with van der Waals surface area (Å²) in [7, 11) is 3.59. The average molecular weight is 357 g/mol. The van der Waals surface area contributed by atoms with Gasteiger partial charge in [-0.05, 0) is 32.9 Å². The predicted molar refractivity (Wildman–Crippen MR) is 102 cm³/mol. The zero-order valence-electron chi connectivity index (χ0n) is 16.1. The summed E-state index contributed by atoms with van der Waals surface area (Å²) in [5, 5.41) is 7.42. The zero-order valence-corrected chi connectivity index (χ0v) is 16.1. The molecule has 0 atom stereocenters. The third kappa shape index (κ3) is 5.91. The molecule has 140 valence electrons. The summed E-state index contributed by atoms with van der Waals surface area (Å²) in [5.41, 5.74) is 1.55. The molecule has 0 saturated carbocycles. The van der Waals surface area contributed by atoms with Crippen molar-refractivity contribution >= 4 is 11.9 Å². The first-order valence-corrected chi connectivity index (χ1v) is 8.51. The van der Waals surface area contributed by atoms with E-state index in [-0.39, 0.29) is 12.5 Å². The fraction of sp³-hybridized carbons (Fsp3) is 0.421. The maximum Gasteiger partial charge on any atom is 0.325 e. The summed E-state index contributed by atoms with van der Waals surface area (Å²) in [6.45, 7) is 6.21. The van der Waals surface area contributed by atoms with Crippen LogP contribution in [0.2, 0.25) is 0 Å². The minimum atomic E-state index is -0.500. The number of carbonyl (C=O) groups is 1. The van der Waals surface area contributed by atoms with Gasteiger partial charge in [-0.15, -0.1) is 0 Å². The van der Waals surface area contributed by atoms with Crippen molar-refractivity contribution in [2.45, 2.75) is 32.9 Å². The number of nitrogens with zero attached hydrogens (tertiary/aromatic N) is 4. The largest absolute Gasteiger partial charge is 0.459 e. The number of nitrogens with one attached hydrogen (secondary N) is 1. The number of benzene rings is 1. The number of rotatable bonds is 5. The maximum atomic E-state index is 11.8. The third-order valence-corrected chi connectivity index (χ3v) is 3.46. The summed E-state index contributed by atoms with van der Waals surface area (Å²) in [6.07, 6.45) is 3.80. The molecule has 0 bridgehead atoms. The number of guanidine groups is 1. The molecule has 0 unspecified atom stereocenters. The maximum absolute atomic E-state index is 11.8. The molecule has 0 aliphatic carbocycles. The van der Waals surface area contributed by atoms with E-state index < -0.39 is 5.60 Å². The van der Waals surface area contributed by atoms with Gasteiger partial charge in [0.05, 0.1) is 11.9 Å². The molecule has 2 aromatic rings. The van der Waals surface area contributed by atoms with Crippen molar-refractivity contribution < 1.29 is 9.53 Å². The Balaban J connectivity index is 1.92. The molecular formula is C19H27N5O2. The van der Waals surface area contributed by atoms with Crippen LogP contribution < -0.4 is 5.32 Å². The molecule has 0 amide bonds. The normalized spacial score (nSPS) is 12.0. The first-order chi connectivity index (χ1) is 12.3. The van der Waals surface area contributed by atoms with Crippen LogP contribution in [0.1, 0.15) is 26.3 Å². The quantitative estimate of drug-likeness (QED) is 0.505. The second-order valence-corrected chi connectivity index (χ2v) is 6.97. The number of carbonyl (C=O) groups excluding carboxylic acids is 1. The lowest BCUT2D eigenvalue weighted by Gasteiger charge is -2.23. The molecule has 0 aliphatic rings. The Morgan fingerprint density at radius 2 is 2.00 bits per heavy atom. The summed E-state index contributed by atoms with van der Waals surface area (Å²) in [6, 6.07) is 9.93. The van der Waals surface area contributed by atoms with E-state index >= 15 is 0 Å². The van der Waals surface area contributed by atoms with E-state index in [2.05, 4.69) is 15.4 Å². The molecule has 1 N–H and O–H groups in total. The molecule has 7 heteroatoms. The van der Waals surface area contributed by atoms with Crippen LogP contribution in [0.5, 0.6) is 0 Å². The van der Waals surface area contributed by atoms with E-state index in [0.29, 0.717) is 12.5 Å². The molecule has 0 spiro atoms. The van der Waals surface area contributed by atoms with Crippen LogP contribution in [0.25, 0.3) is 5.69 Å². The van der Waals surface area contributed by atoms with E-state index in [1.807, 2.05) is 80.1 Å². The molecule has 2 rings (SSSR count). The number of aliphatic imine (C=N–C) groups is 1. The predicted octanol–water partition coefficient (Wildman–Crippen LogP) is 2.22. The van der Waals surface area contributed by atoms with E-state index in [1.54, 1.807) is 7.05 Å². The van der Waals surface area contributed by atoms with Gasteiger partial charge in [-0.1, -0.05) is 18.2 Å². The SMILES string of the molecule is CN=C(NCC(=O)OC(C)(C)C)N(C)Cc1cnn(-c2ccccc2)c1. The van der Waals surface area contributed by atoms with E-state index in [1.165, 1.54) is 0 Å². The van der Waals surface area contributed by atoms with Crippen molar-refractivity contribution in [3.63, 3.8) is 0 Å². The fourth-order valence-electron chi connectivity index (χ4n) is 2.43. The van der Waals surface area contributed by atoms with Crippen molar-refractivity contribution in [2.24, 2.45) is 4.99 Å². The molecule has 0 radical (unpaired) electrons. The Labute approximate surface area is 154 Å². The van der Waals surface area contributed by atoms with Gasteiger partial charge >= 0.3 is 5.97 Å². The average Bonchev–Trinajstić information content (AvgIpc) is 3.03. The van der Waals surface area contributed by atoms with Crippen LogP contribution in [0, 0.1) is 0 Å². The standard InChI is InChI=1S/C19H27N5O2/c1-19(2,3)26-17(25)12-21-18(20-4)23(5)13-15-11-22-24(14-15)16-9-7-6-8-10-16/h6-11,14H,12-13H2,1-5H3,(H,20,21). The number of hydrogen-bond donors (Lipinski definition) is 1. The molecule has 1 aromatic carbocycles. The van der Waals surface area contributed by atoms with Crippen LogP contribution in [-0.4, -0.2) is 52.9 Å². The molecule has 1 aromatic heterocycles. The highest BCUT2D eigenvalue weighted by Crippen LogP contribution is 2.09. The highest BCUT2D eigenvalue weighted by Gasteiger charge is 2.17. The van der Waals surface area contributed by atoms with Crippen molar-refractivity contribution in [1.29, 1.82) is 0 Å². The lowest BCUT2D eigenvalue weighted by atomic mass is 10.2. The molecule has 0 aliphatic heterocycles. The zero-order chi connectivity index (χ0) is 19.2. The van der Waals surface area contributed by atoms with Crippen molar-refractivity contribution in [1.82, 2.24) is 20.0 Å². The Kier molecular flexibility index (Phi) is 6.38. The third-order valence-electron chi connectivity index (χ3n) is 3.46. The van der Waals surface area contributed by atoms with Gasteiger partial charge in [0.25, 0.3) is 0 Å². The highest BCUT2D eigenvalue weighted by atomic mass is 16.6. The minimum Gasteiger partial charge on any atom is -0.459 e. The van der Waals surface area contributed by atoms with Crippen molar-refractivity contribution in [3.8, 4) is 5.69 Å². The Morgan fingerprint density at radius 1 is 1.31 bits per heavy atom. The first-order valence-electron chi connectivity index (χ1n) is 8.51. The van der Waals surface area contributed by atoms with Gasteiger partial charge in [0.2, 0.25) is 0 Å². The summed E-state index contributed by atoms with van der Waals surface area (Å²) in [4.78, 5) is 18.0. The molecule has 1 heterocycles. The Morgan fingerprint density at radius 3 is 2.62 bits per heavy atom. The smallest absolute Gasteiger partial charge is 0.325 e. The van der Waals surface area contributed by atoms with Crippen LogP contribution in [0.4, 0.5) is 0 Å². The molecular weight excluding hydrogens is 330 g/mol. The van der Waals surface area contributed by atoms with Crippen molar-refractivity contribution in [2.75, 3.05) is 20.6 Å². The van der Waals surface area contributed by atoms with Crippen molar-refractivity contribution in [3.05, 3.63) is 48.3 Å². The lowest BCUT2D eigenvalue weighted by molar-refractivity contribution is -0.153. The Bertz CT molecular complexity index is 747. The van der Waals surface area contributed by atoms with E-state index in [9.17, 15) is 4.79 Å². The lowest BCUT2D eigenvalue weighted by Crippen LogP contribution is -2.42. The first kappa shape index (κ1) is 19.5. The molecule has 0 fully saturated rings. The number of ether oxygens (including phenoxy) is 1. The van der Waals surface area contributed by atoms with Crippen LogP contribution in [-0.2, 0) is 16.1 Å². The van der Waals surface area contributed by atoms with Gasteiger partial charge < -0.3 is 15.0 Å². The number of hydrogen-bond acceptors (Lipinski definition) is 4. The topological polar surface area (TPSA) is 71.8 Å². The molecule has 7 nitrogen and oxygen atoms in total. The number of aromatic nitrogens is 2. The molecule has 26 heavy (non-hydrogen) atoms.